The molecule has 0 aliphatic heterocycles. The third kappa shape index (κ3) is 10.1. The number of nitrogens with one attached hydrogen (secondary N) is 1. The van der Waals surface area contributed by atoms with Crippen molar-refractivity contribution >= 4 is 63.0 Å². The van der Waals surface area contributed by atoms with Gasteiger partial charge in [0.15, 0.2) is 0 Å². The number of esters is 2. The Morgan fingerprint density at radius 1 is 0.683 bits per heavy atom. The first kappa shape index (κ1) is 46.1. The highest BCUT2D eigenvalue weighted by atomic mass is 35.5. The molecule has 0 spiro atoms. The van der Waals surface area contributed by atoms with Crippen LogP contribution < -0.4 is 0 Å². The van der Waals surface area contributed by atoms with E-state index in [2.05, 4.69) is 26.3 Å². The zero-order valence-corrected chi connectivity index (χ0v) is 39.0. The number of halogens is 2. The van der Waals surface area contributed by atoms with Crippen LogP contribution in [0.3, 0.4) is 0 Å². The summed E-state index contributed by atoms with van der Waals surface area (Å²) in [6.07, 6.45) is 17.1. The highest BCUT2D eigenvalue weighted by Gasteiger charge is 2.31. The molecule has 4 heterocycles. The maximum atomic E-state index is 13.2. The average Bonchev–Trinajstić information content (AvgIpc) is 4.12. The molecule has 0 bridgehead atoms. The summed E-state index contributed by atoms with van der Waals surface area (Å²) in [5, 5.41) is 2.37. The first-order valence-corrected chi connectivity index (χ1v) is 23.7. The number of fused-ring (bicyclic) bond motifs is 2. The lowest BCUT2D eigenvalue weighted by atomic mass is 9.82. The number of nitrogens with zero attached hydrogens (tertiary/aromatic N) is 3. The number of ether oxygens (including phenoxy) is 3. The van der Waals surface area contributed by atoms with Crippen LogP contribution >= 0.6 is 23.2 Å². The molecule has 10 nitrogen and oxygen atoms in total. The quantitative estimate of drug-likeness (QED) is 0.0744. The summed E-state index contributed by atoms with van der Waals surface area (Å²) in [4.78, 5) is 41.1. The zero-order chi connectivity index (χ0) is 44.7. The van der Waals surface area contributed by atoms with Crippen molar-refractivity contribution in [1.29, 1.82) is 0 Å². The van der Waals surface area contributed by atoms with E-state index in [4.69, 9.17) is 37.4 Å². The summed E-state index contributed by atoms with van der Waals surface area (Å²) < 4.78 is 21.8. The first-order valence-electron chi connectivity index (χ1n) is 22.6. The number of alkyl halides is 2. The molecule has 0 amide bonds. The molecular formula is C51H62Cl2N4O6. The standard InChI is InChI=1S/C28H35ClN2O4.C23H27ClN2O2/c1-28(2,3)35-27(33)31-16-8-12-22(31)25-24(19-10-6-5-7-11-19)21-14-13-20(26(32)34-4)18-23(21)30(25)17-9-15-29;1-28-23(27)17-10-11-18-20(15-17)26(14-6-12-24)22(19-9-5-13-25-19)21(18)16-7-3-2-4-8-16/h8,12-14,16,18-19H,5-7,9-11,15,17H2,1-4H3;5,9-11,13,15-16,25H,2-4,6-8,12,14H2,1H3. The highest BCUT2D eigenvalue weighted by molar-refractivity contribution is 6.18. The van der Waals surface area contributed by atoms with E-state index in [1.807, 2.05) is 75.5 Å². The minimum Gasteiger partial charge on any atom is -0.465 e. The van der Waals surface area contributed by atoms with Crippen LogP contribution in [0.5, 0.6) is 0 Å². The molecule has 0 saturated heterocycles. The molecular weight excluding hydrogens is 835 g/mol. The van der Waals surface area contributed by atoms with Crippen LogP contribution in [0.4, 0.5) is 4.79 Å². The maximum absolute atomic E-state index is 13.2. The Hall–Kier alpha value is -4.93. The molecule has 6 aromatic rings. The molecule has 12 heteroatoms. The van der Waals surface area contributed by atoms with Gasteiger partial charge in [0.2, 0.25) is 0 Å². The number of hydrogen-bond donors (Lipinski definition) is 1. The van der Waals surface area contributed by atoms with Crippen LogP contribution in [0.2, 0.25) is 0 Å². The molecule has 0 atom stereocenters. The number of methoxy groups -OCH3 is 2. The number of H-pyrrole nitrogens is 1. The van der Waals surface area contributed by atoms with Crippen molar-refractivity contribution in [3.05, 3.63) is 95.3 Å². The molecule has 2 fully saturated rings. The van der Waals surface area contributed by atoms with Crippen LogP contribution in [0, 0.1) is 0 Å². The van der Waals surface area contributed by atoms with Gasteiger partial charge in [-0.05, 0) is 131 Å². The molecule has 2 aliphatic carbocycles. The monoisotopic (exact) mass is 896 g/mol. The van der Waals surface area contributed by atoms with Crippen molar-refractivity contribution < 1.29 is 28.6 Å². The SMILES string of the molecule is COC(=O)c1ccc2c(C3CCCCC3)c(-c3ccc[nH]3)n(CCCCl)c2c1.COC(=O)c1ccc2c(C3CCCCC3)c(-c3cccn3C(=O)OC(C)(C)C)n(CCCCl)c2c1. The second-order valence-electron chi connectivity index (χ2n) is 17.9. The lowest BCUT2D eigenvalue weighted by Crippen LogP contribution is -2.27. The summed E-state index contributed by atoms with van der Waals surface area (Å²) in [7, 11) is 2.82. The van der Waals surface area contributed by atoms with E-state index in [1.165, 1.54) is 87.8 Å². The van der Waals surface area contributed by atoms with E-state index in [1.54, 1.807) is 10.8 Å². The second-order valence-corrected chi connectivity index (χ2v) is 18.6. The highest BCUT2D eigenvalue weighted by Crippen LogP contribution is 2.46. The fraction of sp³-hybridized carbons (Fsp3) is 0.471. The van der Waals surface area contributed by atoms with Gasteiger partial charge < -0.3 is 28.3 Å². The normalized spacial score (nSPS) is 15.0. The lowest BCUT2D eigenvalue weighted by Gasteiger charge is -2.25. The number of aromatic nitrogens is 4. The van der Waals surface area contributed by atoms with Gasteiger partial charge in [0.1, 0.15) is 5.60 Å². The van der Waals surface area contributed by atoms with Crippen molar-refractivity contribution in [2.24, 2.45) is 0 Å². The van der Waals surface area contributed by atoms with Gasteiger partial charge in [0.25, 0.3) is 0 Å². The van der Waals surface area contributed by atoms with Gasteiger partial charge in [-0.2, -0.15) is 0 Å². The summed E-state index contributed by atoms with van der Waals surface area (Å²) in [6, 6.07) is 19.8. The largest absolute Gasteiger partial charge is 0.465 e. The number of aromatic amines is 1. The Morgan fingerprint density at radius 3 is 1.65 bits per heavy atom. The van der Waals surface area contributed by atoms with Gasteiger partial charge in [-0.1, -0.05) is 50.7 Å². The molecule has 0 radical (unpaired) electrons. The number of benzene rings is 2. The van der Waals surface area contributed by atoms with Crippen LogP contribution in [-0.4, -0.2) is 68.3 Å². The van der Waals surface area contributed by atoms with E-state index in [0.717, 1.165) is 65.7 Å². The van der Waals surface area contributed by atoms with Crippen molar-refractivity contribution in [1.82, 2.24) is 18.7 Å². The predicted molar refractivity (Wildman–Crippen MR) is 254 cm³/mol. The molecule has 2 aromatic carbocycles. The fourth-order valence-electron chi connectivity index (χ4n) is 9.84. The minimum atomic E-state index is -0.606. The third-order valence-corrected chi connectivity index (χ3v) is 13.1. The molecule has 8 rings (SSSR count). The van der Waals surface area contributed by atoms with Crippen LogP contribution in [0.25, 0.3) is 44.6 Å². The maximum Gasteiger partial charge on any atom is 0.419 e. The number of carbonyl (C=O) groups is 3. The van der Waals surface area contributed by atoms with Gasteiger partial charge >= 0.3 is 18.0 Å². The van der Waals surface area contributed by atoms with Crippen LogP contribution in [0.15, 0.2) is 73.1 Å². The first-order chi connectivity index (χ1) is 30.5. The van der Waals surface area contributed by atoms with E-state index < -0.39 is 11.7 Å². The van der Waals surface area contributed by atoms with Gasteiger partial charge in [-0.25, -0.2) is 14.4 Å². The second kappa shape index (κ2) is 20.7. The predicted octanol–water partition coefficient (Wildman–Crippen LogP) is 13.5. The van der Waals surface area contributed by atoms with Gasteiger partial charge in [-0.3, -0.25) is 4.57 Å². The summed E-state index contributed by atoms with van der Waals surface area (Å²) in [5.41, 5.74) is 9.40. The number of carbonyl (C=O) groups excluding carboxylic acids is 3. The number of hydrogen-bond acceptors (Lipinski definition) is 6. The third-order valence-electron chi connectivity index (χ3n) is 12.5. The Labute approximate surface area is 381 Å². The van der Waals surface area contributed by atoms with E-state index in [0.29, 0.717) is 41.3 Å². The Morgan fingerprint density at radius 2 is 1.19 bits per heavy atom. The van der Waals surface area contributed by atoms with Crippen molar-refractivity contribution in [2.75, 3.05) is 26.0 Å². The molecule has 63 heavy (non-hydrogen) atoms. The lowest BCUT2D eigenvalue weighted by molar-refractivity contribution is 0.0537. The smallest absolute Gasteiger partial charge is 0.419 e. The molecule has 2 aliphatic rings. The van der Waals surface area contributed by atoms with Crippen LogP contribution in [0.1, 0.15) is 141 Å². The van der Waals surface area contributed by atoms with E-state index >= 15 is 0 Å². The topological polar surface area (TPSA) is 109 Å². The average molecular weight is 898 g/mol. The number of rotatable bonds is 12. The zero-order valence-electron chi connectivity index (χ0n) is 37.4. The van der Waals surface area contributed by atoms with Crippen LogP contribution in [-0.2, 0) is 27.3 Å². The Balaban J connectivity index is 0.000000193. The van der Waals surface area contributed by atoms with E-state index in [-0.39, 0.29) is 11.9 Å². The fourth-order valence-corrected chi connectivity index (χ4v) is 10.1. The molecule has 1 N–H and O–H groups in total. The molecule has 4 aromatic heterocycles. The van der Waals surface area contributed by atoms with Gasteiger partial charge in [-0.15, -0.1) is 23.2 Å². The molecule has 336 valence electrons. The summed E-state index contributed by atoms with van der Waals surface area (Å²) >= 11 is 12.2. The molecule has 0 unspecified atom stereocenters. The van der Waals surface area contributed by atoms with Crippen molar-refractivity contribution in [3.63, 3.8) is 0 Å². The van der Waals surface area contributed by atoms with E-state index in [9.17, 15) is 14.4 Å². The Bertz CT molecular complexity index is 2510. The van der Waals surface area contributed by atoms with Crippen molar-refractivity contribution in [2.45, 2.75) is 128 Å². The minimum absolute atomic E-state index is 0.298. The summed E-state index contributed by atoms with van der Waals surface area (Å²) in [6.45, 7) is 7.10. The van der Waals surface area contributed by atoms with Gasteiger partial charge in [0, 0.05) is 59.0 Å². The summed E-state index contributed by atoms with van der Waals surface area (Å²) in [5.74, 6) is 1.39. The number of aryl methyl sites for hydroxylation is 2. The molecule has 2 saturated carbocycles. The van der Waals surface area contributed by atoms with Crippen molar-refractivity contribution in [3.8, 4) is 22.8 Å². The Kier molecular flexibility index (Phi) is 15.1. The van der Waals surface area contributed by atoms with Gasteiger partial charge in [0.05, 0.1) is 48.1 Å².